The highest BCUT2D eigenvalue weighted by atomic mass is 32.2. The molecule has 1 aromatic heterocycles. The lowest BCUT2D eigenvalue weighted by molar-refractivity contribution is 0.0956. The van der Waals surface area contributed by atoms with E-state index >= 15 is 0 Å². The average Bonchev–Trinajstić information content (AvgIpc) is 3.25. The number of thiophene rings is 1. The van der Waals surface area contributed by atoms with Crippen LogP contribution in [0.5, 0.6) is 0 Å². The van der Waals surface area contributed by atoms with Crippen molar-refractivity contribution in [2.24, 2.45) is 5.10 Å². The van der Waals surface area contributed by atoms with E-state index in [-0.39, 0.29) is 10.9 Å². The monoisotopic (exact) mass is 476 g/mol. The fraction of sp³-hybridized carbons (Fsp3) is 0.409. The Morgan fingerprint density at radius 3 is 2.31 bits per heavy atom. The first-order valence-corrected chi connectivity index (χ1v) is 12.8. The zero-order valence-electron chi connectivity index (χ0n) is 18.4. The van der Waals surface area contributed by atoms with Crippen LogP contribution in [0.25, 0.3) is 0 Å². The van der Waals surface area contributed by atoms with Crippen LogP contribution < -0.4 is 10.7 Å². The zero-order valence-corrected chi connectivity index (χ0v) is 20.1. The van der Waals surface area contributed by atoms with Gasteiger partial charge in [0, 0.05) is 24.4 Å². The van der Waals surface area contributed by atoms with Gasteiger partial charge >= 0.3 is 0 Å². The molecule has 0 radical (unpaired) electrons. The predicted octanol–water partition coefficient (Wildman–Crippen LogP) is 4.08. The van der Waals surface area contributed by atoms with E-state index in [0.717, 1.165) is 32.1 Å². The van der Waals surface area contributed by atoms with Crippen LogP contribution in [0.3, 0.4) is 0 Å². The molecule has 0 atom stereocenters. The average molecular weight is 477 g/mol. The first-order chi connectivity index (χ1) is 15.2. The predicted molar refractivity (Wildman–Crippen MR) is 127 cm³/mol. The first-order valence-electron chi connectivity index (χ1n) is 10.5. The van der Waals surface area contributed by atoms with Crippen LogP contribution in [0, 0.1) is 0 Å². The molecule has 1 aliphatic rings. The van der Waals surface area contributed by atoms with Gasteiger partial charge in [0.1, 0.15) is 5.00 Å². The Bertz CT molecular complexity index is 1100. The van der Waals surface area contributed by atoms with Crippen LogP contribution >= 0.6 is 11.3 Å². The lowest BCUT2D eigenvalue weighted by Gasteiger charge is -2.30. The standard InChI is InChI=1S/C22H28N4O4S2/c1-15(2)24-25-21(28)19-13-14-31-22(19)23-20(27)16-9-11-18(12-10-16)32(29,30)26(3)17-7-5-4-6-8-17/h9-14,17H,4-8H2,1-3H3,(H,23,27)(H,25,28). The van der Waals surface area contributed by atoms with Gasteiger partial charge in [0.25, 0.3) is 11.8 Å². The van der Waals surface area contributed by atoms with Crippen LogP contribution in [0.4, 0.5) is 5.00 Å². The van der Waals surface area contributed by atoms with E-state index in [9.17, 15) is 18.0 Å². The van der Waals surface area contributed by atoms with Gasteiger partial charge in [-0.3, -0.25) is 9.59 Å². The van der Waals surface area contributed by atoms with Gasteiger partial charge in [0.05, 0.1) is 10.5 Å². The van der Waals surface area contributed by atoms with E-state index < -0.39 is 21.8 Å². The summed E-state index contributed by atoms with van der Waals surface area (Å²) in [6.45, 7) is 3.51. The van der Waals surface area contributed by atoms with Crippen LogP contribution in [-0.2, 0) is 10.0 Å². The summed E-state index contributed by atoms with van der Waals surface area (Å²) in [7, 11) is -2.00. The van der Waals surface area contributed by atoms with Gasteiger partial charge in [0.2, 0.25) is 10.0 Å². The molecule has 1 aromatic carbocycles. The summed E-state index contributed by atoms with van der Waals surface area (Å²) >= 11 is 1.22. The number of carbonyl (C=O) groups is 2. The molecule has 2 aromatic rings. The Labute approximate surface area is 192 Å². The molecule has 0 saturated heterocycles. The Balaban J connectivity index is 1.70. The molecule has 1 aliphatic carbocycles. The smallest absolute Gasteiger partial charge is 0.274 e. The Hall–Kier alpha value is -2.56. The number of sulfonamides is 1. The fourth-order valence-electron chi connectivity index (χ4n) is 3.57. The minimum Gasteiger partial charge on any atom is -0.313 e. The SMILES string of the molecule is CC(C)=NNC(=O)c1ccsc1NC(=O)c1ccc(S(=O)(=O)N(C)C2CCCCC2)cc1. The summed E-state index contributed by atoms with van der Waals surface area (Å²) in [4.78, 5) is 25.1. The largest absolute Gasteiger partial charge is 0.313 e. The summed E-state index contributed by atoms with van der Waals surface area (Å²) in [6.07, 6.45) is 4.97. The highest BCUT2D eigenvalue weighted by Gasteiger charge is 2.29. The Morgan fingerprint density at radius 2 is 1.69 bits per heavy atom. The Kier molecular flexibility index (Phi) is 7.81. The normalized spacial score (nSPS) is 14.8. The quantitative estimate of drug-likeness (QED) is 0.464. The van der Waals surface area contributed by atoms with Crippen LogP contribution in [-0.4, -0.2) is 43.3 Å². The Morgan fingerprint density at radius 1 is 1.03 bits per heavy atom. The van der Waals surface area contributed by atoms with Crippen molar-refractivity contribution in [3.8, 4) is 0 Å². The molecule has 0 bridgehead atoms. The molecule has 0 aliphatic heterocycles. The minimum absolute atomic E-state index is 0.0148. The molecule has 2 amide bonds. The molecule has 172 valence electrons. The summed E-state index contributed by atoms with van der Waals surface area (Å²) in [5, 5.41) is 8.70. The van der Waals surface area contributed by atoms with Gasteiger partial charge in [-0.1, -0.05) is 19.3 Å². The van der Waals surface area contributed by atoms with Crippen LogP contribution in [0.1, 0.15) is 66.7 Å². The topological polar surface area (TPSA) is 108 Å². The number of rotatable bonds is 7. The molecule has 0 unspecified atom stereocenters. The fourth-order valence-corrected chi connectivity index (χ4v) is 5.76. The number of nitrogens with one attached hydrogen (secondary N) is 2. The summed E-state index contributed by atoms with van der Waals surface area (Å²) in [6, 6.07) is 7.48. The summed E-state index contributed by atoms with van der Waals surface area (Å²) in [5.41, 5.74) is 3.73. The number of hydrogen-bond donors (Lipinski definition) is 2. The lowest BCUT2D eigenvalue weighted by Crippen LogP contribution is -2.38. The van der Waals surface area contributed by atoms with Gasteiger partial charge < -0.3 is 5.32 Å². The zero-order chi connectivity index (χ0) is 23.3. The maximum absolute atomic E-state index is 13.0. The van der Waals surface area contributed by atoms with Gasteiger partial charge in [-0.05, 0) is 62.4 Å². The van der Waals surface area contributed by atoms with Crippen molar-refractivity contribution in [3.05, 3.63) is 46.8 Å². The van der Waals surface area contributed by atoms with Crippen molar-refractivity contribution in [1.29, 1.82) is 0 Å². The van der Waals surface area contributed by atoms with E-state index in [1.807, 2.05) is 0 Å². The molecule has 10 heteroatoms. The molecule has 0 spiro atoms. The maximum atomic E-state index is 13.0. The molecule has 8 nitrogen and oxygen atoms in total. The first kappa shape index (κ1) is 24.1. The number of hydrogen-bond acceptors (Lipinski definition) is 6. The minimum atomic E-state index is -3.62. The van der Waals surface area contributed by atoms with E-state index in [0.29, 0.717) is 21.8 Å². The number of amides is 2. The van der Waals surface area contributed by atoms with Gasteiger partial charge in [0.15, 0.2) is 0 Å². The molecule has 1 fully saturated rings. The maximum Gasteiger partial charge on any atom is 0.274 e. The van der Waals surface area contributed by atoms with Crippen LogP contribution in [0.2, 0.25) is 0 Å². The van der Waals surface area contributed by atoms with E-state index in [2.05, 4.69) is 15.8 Å². The van der Waals surface area contributed by atoms with Crippen molar-refractivity contribution < 1.29 is 18.0 Å². The second kappa shape index (κ2) is 10.4. The molecular weight excluding hydrogens is 448 g/mol. The van der Waals surface area contributed by atoms with Crippen LogP contribution in [0.15, 0.2) is 45.7 Å². The third kappa shape index (κ3) is 5.62. The molecule has 32 heavy (non-hydrogen) atoms. The van der Waals surface area contributed by atoms with E-state index in [1.54, 1.807) is 32.3 Å². The van der Waals surface area contributed by atoms with Crippen molar-refractivity contribution in [2.75, 3.05) is 12.4 Å². The second-order valence-electron chi connectivity index (χ2n) is 7.95. The highest BCUT2D eigenvalue weighted by molar-refractivity contribution is 7.89. The molecule has 2 N–H and O–H groups in total. The summed E-state index contributed by atoms with van der Waals surface area (Å²) in [5.74, 6) is -0.851. The van der Waals surface area contributed by atoms with E-state index in [4.69, 9.17) is 0 Å². The number of hydrazone groups is 1. The molecule has 1 heterocycles. The number of anilines is 1. The molecule has 1 saturated carbocycles. The number of nitrogens with zero attached hydrogens (tertiary/aromatic N) is 2. The van der Waals surface area contributed by atoms with E-state index in [1.165, 1.54) is 39.9 Å². The summed E-state index contributed by atoms with van der Waals surface area (Å²) < 4.78 is 27.4. The second-order valence-corrected chi connectivity index (χ2v) is 10.9. The molecular formula is C22H28N4O4S2. The highest BCUT2D eigenvalue weighted by Crippen LogP contribution is 2.27. The third-order valence-corrected chi connectivity index (χ3v) is 8.15. The van der Waals surface area contributed by atoms with Crippen molar-refractivity contribution in [3.63, 3.8) is 0 Å². The third-order valence-electron chi connectivity index (χ3n) is 5.40. The van der Waals surface area contributed by atoms with Crippen molar-refractivity contribution in [2.45, 2.75) is 56.9 Å². The van der Waals surface area contributed by atoms with Gasteiger partial charge in [-0.15, -0.1) is 11.3 Å². The van der Waals surface area contributed by atoms with Gasteiger partial charge in [-0.25, -0.2) is 13.8 Å². The lowest BCUT2D eigenvalue weighted by atomic mass is 9.96. The molecule has 3 rings (SSSR count). The van der Waals surface area contributed by atoms with Crippen molar-refractivity contribution in [1.82, 2.24) is 9.73 Å². The number of carbonyl (C=O) groups excluding carboxylic acids is 2. The van der Waals surface area contributed by atoms with Crippen molar-refractivity contribution >= 4 is 43.9 Å². The van der Waals surface area contributed by atoms with Gasteiger partial charge in [-0.2, -0.15) is 9.41 Å². The number of benzene rings is 1.